The molecule has 0 unspecified atom stereocenters. The van der Waals surface area contributed by atoms with Gasteiger partial charge in [0.2, 0.25) is 0 Å². The summed E-state index contributed by atoms with van der Waals surface area (Å²) in [6.07, 6.45) is 1.62. The van der Waals surface area contributed by atoms with Gasteiger partial charge in [0.05, 0.1) is 5.56 Å². The van der Waals surface area contributed by atoms with Crippen molar-refractivity contribution in [1.29, 1.82) is 0 Å². The predicted molar refractivity (Wildman–Crippen MR) is 98.5 cm³/mol. The number of piperazine rings is 1. The molecule has 0 bridgehead atoms. The topological polar surface area (TPSA) is 49.3 Å². The zero-order chi connectivity index (χ0) is 17.3. The molecule has 24 heavy (non-hydrogen) atoms. The summed E-state index contributed by atoms with van der Waals surface area (Å²) < 4.78 is 0.736. The molecule has 0 atom stereocenters. The molecular formula is C18H21BrN4O. The number of amides is 1. The predicted octanol–water partition coefficient (Wildman–Crippen LogP) is 3.13. The molecule has 1 saturated heterocycles. The van der Waals surface area contributed by atoms with Crippen LogP contribution in [0.5, 0.6) is 0 Å². The zero-order valence-corrected chi connectivity index (χ0v) is 15.8. The third kappa shape index (κ3) is 3.43. The van der Waals surface area contributed by atoms with E-state index in [1.165, 1.54) is 11.1 Å². The van der Waals surface area contributed by atoms with Crippen molar-refractivity contribution in [1.82, 2.24) is 14.9 Å². The Balaban J connectivity index is 1.68. The molecule has 1 amide bonds. The van der Waals surface area contributed by atoms with Crippen LogP contribution in [0.1, 0.15) is 27.2 Å². The standard InChI is InChI=1S/C18H21BrN4O/c1-12-10-13(2)17(21-14(12)3)22-6-8-23(9-7-22)18(24)15-4-5-16(19)20-11-15/h4-5,10-11H,6-9H2,1-3H3. The molecule has 2 aromatic heterocycles. The molecule has 0 aliphatic carbocycles. The normalized spacial score (nSPS) is 14.8. The van der Waals surface area contributed by atoms with Crippen molar-refractivity contribution < 1.29 is 4.79 Å². The van der Waals surface area contributed by atoms with Crippen LogP contribution in [0, 0.1) is 20.8 Å². The molecule has 6 heteroatoms. The molecule has 0 saturated carbocycles. The zero-order valence-electron chi connectivity index (χ0n) is 14.2. The van der Waals surface area contributed by atoms with E-state index in [1.54, 1.807) is 18.3 Å². The van der Waals surface area contributed by atoms with Crippen LogP contribution in [-0.2, 0) is 0 Å². The number of hydrogen-bond donors (Lipinski definition) is 0. The van der Waals surface area contributed by atoms with Gasteiger partial charge in [0.15, 0.2) is 0 Å². The van der Waals surface area contributed by atoms with Gasteiger partial charge in [0.1, 0.15) is 10.4 Å². The minimum Gasteiger partial charge on any atom is -0.353 e. The Morgan fingerprint density at radius 2 is 1.79 bits per heavy atom. The summed E-state index contributed by atoms with van der Waals surface area (Å²) in [7, 11) is 0. The molecule has 0 radical (unpaired) electrons. The number of rotatable bonds is 2. The third-order valence-electron chi connectivity index (χ3n) is 4.47. The number of pyridine rings is 2. The van der Waals surface area contributed by atoms with Gasteiger partial charge in [-0.15, -0.1) is 0 Å². The third-order valence-corrected chi connectivity index (χ3v) is 4.94. The van der Waals surface area contributed by atoms with Crippen LogP contribution in [0.15, 0.2) is 29.0 Å². The minimum absolute atomic E-state index is 0.0411. The maximum absolute atomic E-state index is 12.6. The molecule has 0 N–H and O–H groups in total. The van der Waals surface area contributed by atoms with E-state index in [9.17, 15) is 4.79 Å². The van der Waals surface area contributed by atoms with Gasteiger partial charge in [0.25, 0.3) is 5.91 Å². The van der Waals surface area contributed by atoms with Crippen molar-refractivity contribution in [2.45, 2.75) is 20.8 Å². The Hall–Kier alpha value is -1.95. The maximum atomic E-state index is 12.6. The van der Waals surface area contributed by atoms with Crippen molar-refractivity contribution in [3.63, 3.8) is 0 Å². The molecule has 1 fully saturated rings. The van der Waals surface area contributed by atoms with Crippen molar-refractivity contribution in [2.24, 2.45) is 0 Å². The van der Waals surface area contributed by atoms with E-state index in [0.717, 1.165) is 29.2 Å². The molecule has 1 aliphatic rings. The quantitative estimate of drug-likeness (QED) is 0.741. The molecule has 5 nitrogen and oxygen atoms in total. The number of halogens is 1. The highest BCUT2D eigenvalue weighted by Crippen LogP contribution is 2.22. The van der Waals surface area contributed by atoms with Crippen molar-refractivity contribution in [3.05, 3.63) is 51.4 Å². The van der Waals surface area contributed by atoms with E-state index >= 15 is 0 Å². The van der Waals surface area contributed by atoms with E-state index in [-0.39, 0.29) is 5.91 Å². The molecule has 0 spiro atoms. The SMILES string of the molecule is Cc1cc(C)c(N2CCN(C(=O)c3ccc(Br)nc3)CC2)nc1C. The molecule has 126 valence electrons. The van der Waals surface area contributed by atoms with Crippen LogP contribution in [0.4, 0.5) is 5.82 Å². The van der Waals surface area contributed by atoms with Crippen molar-refractivity contribution in [3.8, 4) is 0 Å². The Labute approximate surface area is 150 Å². The van der Waals surface area contributed by atoms with E-state index in [0.29, 0.717) is 18.7 Å². The Bertz CT molecular complexity index is 752. The van der Waals surface area contributed by atoms with E-state index in [2.05, 4.69) is 45.7 Å². The average molecular weight is 389 g/mol. The van der Waals surface area contributed by atoms with Crippen molar-refractivity contribution >= 4 is 27.7 Å². The van der Waals surface area contributed by atoms with Gasteiger partial charge in [0, 0.05) is 38.1 Å². The fraction of sp³-hybridized carbons (Fsp3) is 0.389. The number of carbonyl (C=O) groups is 1. The average Bonchev–Trinajstić information content (AvgIpc) is 2.58. The smallest absolute Gasteiger partial charge is 0.255 e. The lowest BCUT2D eigenvalue weighted by molar-refractivity contribution is 0.0746. The highest BCUT2D eigenvalue weighted by molar-refractivity contribution is 9.10. The van der Waals surface area contributed by atoms with Crippen LogP contribution >= 0.6 is 15.9 Å². The first kappa shape index (κ1) is 16.9. The number of aromatic nitrogens is 2. The first-order valence-corrected chi connectivity index (χ1v) is 8.85. The van der Waals surface area contributed by atoms with Crippen LogP contribution in [0.25, 0.3) is 0 Å². The van der Waals surface area contributed by atoms with Crippen LogP contribution in [-0.4, -0.2) is 47.0 Å². The lowest BCUT2D eigenvalue weighted by Gasteiger charge is -2.36. The number of nitrogens with zero attached hydrogens (tertiary/aromatic N) is 4. The number of anilines is 1. The second-order valence-corrected chi connectivity index (χ2v) is 6.99. The van der Waals surface area contributed by atoms with Gasteiger partial charge in [-0.1, -0.05) is 6.07 Å². The monoisotopic (exact) mass is 388 g/mol. The summed E-state index contributed by atoms with van der Waals surface area (Å²) in [5.41, 5.74) is 4.10. The lowest BCUT2D eigenvalue weighted by Crippen LogP contribution is -2.49. The minimum atomic E-state index is 0.0411. The first-order valence-electron chi connectivity index (χ1n) is 8.06. The summed E-state index contributed by atoms with van der Waals surface area (Å²) in [5.74, 6) is 1.08. The van der Waals surface area contributed by atoms with Crippen molar-refractivity contribution in [2.75, 3.05) is 31.1 Å². The highest BCUT2D eigenvalue weighted by atomic mass is 79.9. The largest absolute Gasteiger partial charge is 0.353 e. The molecule has 3 rings (SSSR count). The van der Waals surface area contributed by atoms with Gasteiger partial charge in [-0.25, -0.2) is 9.97 Å². The maximum Gasteiger partial charge on any atom is 0.255 e. The van der Waals surface area contributed by atoms with E-state index in [1.807, 2.05) is 11.8 Å². The van der Waals surface area contributed by atoms with E-state index in [4.69, 9.17) is 4.98 Å². The number of aryl methyl sites for hydroxylation is 3. The lowest BCUT2D eigenvalue weighted by atomic mass is 10.1. The van der Waals surface area contributed by atoms with Gasteiger partial charge in [-0.05, 0) is 60.0 Å². The fourth-order valence-electron chi connectivity index (χ4n) is 2.96. The number of carbonyl (C=O) groups excluding carboxylic acids is 1. The molecule has 2 aromatic rings. The Kier molecular flexibility index (Phi) is 4.85. The van der Waals surface area contributed by atoms with Crippen LogP contribution in [0.2, 0.25) is 0 Å². The number of hydrogen-bond acceptors (Lipinski definition) is 4. The second kappa shape index (κ2) is 6.89. The summed E-state index contributed by atoms with van der Waals surface area (Å²) >= 11 is 3.29. The van der Waals surface area contributed by atoms with Gasteiger partial charge in [-0.2, -0.15) is 0 Å². The highest BCUT2D eigenvalue weighted by Gasteiger charge is 2.24. The second-order valence-electron chi connectivity index (χ2n) is 6.18. The van der Waals surface area contributed by atoms with Crippen LogP contribution < -0.4 is 4.90 Å². The van der Waals surface area contributed by atoms with Crippen LogP contribution in [0.3, 0.4) is 0 Å². The molecule has 3 heterocycles. The molecular weight excluding hydrogens is 368 g/mol. The Morgan fingerprint density at radius 3 is 2.42 bits per heavy atom. The van der Waals surface area contributed by atoms with Gasteiger partial charge < -0.3 is 9.80 Å². The summed E-state index contributed by atoms with van der Waals surface area (Å²) in [6, 6.07) is 5.79. The first-order chi connectivity index (χ1) is 11.5. The summed E-state index contributed by atoms with van der Waals surface area (Å²) in [5, 5.41) is 0. The van der Waals surface area contributed by atoms with Gasteiger partial charge >= 0.3 is 0 Å². The summed E-state index contributed by atoms with van der Waals surface area (Å²) in [6.45, 7) is 9.21. The summed E-state index contributed by atoms with van der Waals surface area (Å²) in [4.78, 5) is 25.6. The molecule has 0 aromatic carbocycles. The Morgan fingerprint density at radius 1 is 1.08 bits per heavy atom. The van der Waals surface area contributed by atoms with Gasteiger partial charge in [-0.3, -0.25) is 4.79 Å². The molecule has 1 aliphatic heterocycles. The van der Waals surface area contributed by atoms with E-state index < -0.39 is 0 Å². The fourth-order valence-corrected chi connectivity index (χ4v) is 3.19.